The molecule has 1 N–H and O–H groups in total. The molecule has 1 fully saturated rings. The van der Waals surface area contributed by atoms with Gasteiger partial charge in [-0.05, 0) is 24.6 Å². The monoisotopic (exact) mass is 328 g/mol. The van der Waals surface area contributed by atoms with Crippen molar-refractivity contribution in [1.82, 2.24) is 5.32 Å². The number of nitriles is 1. The fourth-order valence-electron chi connectivity index (χ4n) is 2.23. The zero-order valence-corrected chi connectivity index (χ0v) is 13.0. The Kier molecular flexibility index (Phi) is 4.66. The van der Waals surface area contributed by atoms with E-state index in [0.717, 1.165) is 0 Å². The molecule has 0 saturated carbocycles. The third-order valence-electron chi connectivity index (χ3n) is 3.36. The Morgan fingerprint density at radius 2 is 2.14 bits per heavy atom. The molecule has 0 spiro atoms. The SMILES string of the molecule is N#Cc1cccc(S(=O)(=O)CCNC2CCS(=O)(=O)C2)c1. The van der Waals surface area contributed by atoms with Crippen LogP contribution in [0.5, 0.6) is 0 Å². The first-order valence-corrected chi connectivity index (χ1v) is 9.96. The Morgan fingerprint density at radius 1 is 1.38 bits per heavy atom. The summed E-state index contributed by atoms with van der Waals surface area (Å²) in [6.45, 7) is 0.194. The van der Waals surface area contributed by atoms with E-state index in [9.17, 15) is 16.8 Å². The van der Waals surface area contributed by atoms with Crippen molar-refractivity contribution in [3.05, 3.63) is 29.8 Å². The molecule has 114 valence electrons. The molecule has 2 rings (SSSR count). The van der Waals surface area contributed by atoms with Gasteiger partial charge in [-0.1, -0.05) is 6.07 Å². The minimum absolute atomic E-state index is 0.0664. The van der Waals surface area contributed by atoms with Crippen LogP contribution >= 0.6 is 0 Å². The Labute approximate surface area is 124 Å². The second-order valence-corrected chi connectivity index (χ2v) is 9.35. The highest BCUT2D eigenvalue weighted by Crippen LogP contribution is 2.14. The molecule has 21 heavy (non-hydrogen) atoms. The van der Waals surface area contributed by atoms with Gasteiger partial charge in [0.15, 0.2) is 19.7 Å². The van der Waals surface area contributed by atoms with Crippen LogP contribution in [0.3, 0.4) is 0 Å². The van der Waals surface area contributed by atoms with Gasteiger partial charge in [-0.25, -0.2) is 16.8 Å². The molecule has 1 unspecified atom stereocenters. The van der Waals surface area contributed by atoms with Gasteiger partial charge in [-0.3, -0.25) is 0 Å². The van der Waals surface area contributed by atoms with Crippen LogP contribution in [0.15, 0.2) is 29.2 Å². The standard InChI is InChI=1S/C13H16N2O4S2/c14-9-11-2-1-3-13(8-11)21(18,19)7-5-15-12-4-6-20(16,17)10-12/h1-3,8,12,15H,4-7,10H2. The van der Waals surface area contributed by atoms with Gasteiger partial charge in [-0.2, -0.15) is 5.26 Å². The summed E-state index contributed by atoms with van der Waals surface area (Å²) in [6, 6.07) is 7.60. The zero-order chi connectivity index (χ0) is 15.5. The van der Waals surface area contributed by atoms with Crippen LogP contribution in [0, 0.1) is 11.3 Å². The van der Waals surface area contributed by atoms with Crippen molar-refractivity contribution in [2.75, 3.05) is 23.8 Å². The second-order valence-electron chi connectivity index (χ2n) is 5.01. The topological polar surface area (TPSA) is 104 Å². The van der Waals surface area contributed by atoms with E-state index >= 15 is 0 Å². The van der Waals surface area contributed by atoms with E-state index in [1.165, 1.54) is 18.2 Å². The molecule has 0 bridgehead atoms. The van der Waals surface area contributed by atoms with Gasteiger partial charge in [0.2, 0.25) is 0 Å². The third kappa shape index (κ3) is 4.27. The van der Waals surface area contributed by atoms with E-state index in [1.54, 1.807) is 6.07 Å². The number of hydrogen-bond donors (Lipinski definition) is 1. The van der Waals surface area contributed by atoms with Crippen LogP contribution in [0.25, 0.3) is 0 Å². The lowest BCUT2D eigenvalue weighted by Crippen LogP contribution is -2.34. The van der Waals surface area contributed by atoms with Crippen molar-refractivity contribution in [3.8, 4) is 6.07 Å². The fraction of sp³-hybridized carbons (Fsp3) is 0.462. The number of sulfone groups is 2. The third-order valence-corrected chi connectivity index (χ3v) is 6.84. The summed E-state index contributed by atoms with van der Waals surface area (Å²) in [4.78, 5) is 0.113. The van der Waals surface area contributed by atoms with E-state index in [-0.39, 0.29) is 34.7 Å². The molecule has 0 aliphatic carbocycles. The summed E-state index contributed by atoms with van der Waals surface area (Å²) in [5.41, 5.74) is 0.297. The highest BCUT2D eigenvalue weighted by atomic mass is 32.2. The van der Waals surface area contributed by atoms with Crippen molar-refractivity contribution >= 4 is 19.7 Å². The molecule has 1 aliphatic heterocycles. The highest BCUT2D eigenvalue weighted by Gasteiger charge is 2.27. The summed E-state index contributed by atoms with van der Waals surface area (Å²) in [5, 5.41) is 11.8. The first-order chi connectivity index (χ1) is 9.82. The maximum atomic E-state index is 12.1. The molecule has 1 heterocycles. The summed E-state index contributed by atoms with van der Waals surface area (Å²) in [6.07, 6.45) is 0.520. The average Bonchev–Trinajstić information content (AvgIpc) is 2.78. The molecule has 1 aromatic carbocycles. The Balaban J connectivity index is 1.94. The van der Waals surface area contributed by atoms with Gasteiger partial charge < -0.3 is 5.32 Å². The van der Waals surface area contributed by atoms with Gasteiger partial charge in [-0.15, -0.1) is 0 Å². The molecule has 0 aromatic heterocycles. The number of nitrogens with one attached hydrogen (secondary N) is 1. The molecule has 8 heteroatoms. The summed E-state index contributed by atoms with van der Waals surface area (Å²) >= 11 is 0. The fourth-order valence-corrected chi connectivity index (χ4v) is 5.15. The number of benzene rings is 1. The maximum absolute atomic E-state index is 12.1. The van der Waals surface area contributed by atoms with Gasteiger partial charge in [0, 0.05) is 12.6 Å². The van der Waals surface area contributed by atoms with Gasteiger partial charge in [0.1, 0.15) is 0 Å². The largest absolute Gasteiger partial charge is 0.312 e. The summed E-state index contributed by atoms with van der Waals surface area (Å²) in [5.74, 6) is 0.0943. The lowest BCUT2D eigenvalue weighted by Gasteiger charge is -2.11. The van der Waals surface area contributed by atoms with Crippen LogP contribution in [-0.4, -0.2) is 46.7 Å². The molecule has 0 amide bonds. The number of rotatable bonds is 5. The van der Waals surface area contributed by atoms with E-state index in [0.29, 0.717) is 12.0 Å². The van der Waals surface area contributed by atoms with Crippen LogP contribution < -0.4 is 5.32 Å². The van der Waals surface area contributed by atoms with Crippen LogP contribution in [0.4, 0.5) is 0 Å². The van der Waals surface area contributed by atoms with E-state index in [4.69, 9.17) is 5.26 Å². The predicted octanol–water partition coefficient (Wildman–Crippen LogP) is 0.109. The smallest absolute Gasteiger partial charge is 0.179 e. The van der Waals surface area contributed by atoms with Gasteiger partial charge in [0.05, 0.1) is 33.8 Å². The Bertz CT molecular complexity index is 764. The molecular weight excluding hydrogens is 312 g/mol. The molecule has 1 atom stereocenters. The van der Waals surface area contributed by atoms with Crippen LogP contribution in [0.2, 0.25) is 0 Å². The lowest BCUT2D eigenvalue weighted by molar-refractivity contribution is 0.560. The van der Waals surface area contributed by atoms with Gasteiger partial charge in [0.25, 0.3) is 0 Å². The molecule has 6 nitrogen and oxygen atoms in total. The van der Waals surface area contributed by atoms with Crippen molar-refractivity contribution in [1.29, 1.82) is 5.26 Å². The highest BCUT2D eigenvalue weighted by molar-refractivity contribution is 7.91. The van der Waals surface area contributed by atoms with E-state index in [1.807, 2.05) is 6.07 Å². The van der Waals surface area contributed by atoms with Crippen molar-refractivity contribution in [2.45, 2.75) is 17.4 Å². The van der Waals surface area contributed by atoms with Crippen molar-refractivity contribution < 1.29 is 16.8 Å². The molecule has 1 aromatic rings. The van der Waals surface area contributed by atoms with Crippen LogP contribution in [-0.2, 0) is 19.7 Å². The molecule has 1 saturated heterocycles. The van der Waals surface area contributed by atoms with Gasteiger partial charge >= 0.3 is 0 Å². The predicted molar refractivity (Wildman–Crippen MR) is 78.3 cm³/mol. The average molecular weight is 328 g/mol. The summed E-state index contributed by atoms with van der Waals surface area (Å²) < 4.78 is 46.9. The number of nitrogens with zero attached hydrogens (tertiary/aromatic N) is 1. The molecular formula is C13H16N2O4S2. The van der Waals surface area contributed by atoms with Crippen molar-refractivity contribution in [3.63, 3.8) is 0 Å². The van der Waals surface area contributed by atoms with E-state index in [2.05, 4.69) is 5.32 Å². The van der Waals surface area contributed by atoms with Crippen molar-refractivity contribution in [2.24, 2.45) is 0 Å². The minimum Gasteiger partial charge on any atom is -0.312 e. The first-order valence-electron chi connectivity index (χ1n) is 6.49. The Morgan fingerprint density at radius 3 is 2.76 bits per heavy atom. The molecule has 0 radical (unpaired) electrons. The molecule has 1 aliphatic rings. The normalized spacial score (nSPS) is 21.0. The first kappa shape index (κ1) is 15.9. The second kappa shape index (κ2) is 6.13. The summed E-state index contributed by atoms with van der Waals surface area (Å²) in [7, 11) is -6.45. The zero-order valence-electron chi connectivity index (χ0n) is 11.3. The maximum Gasteiger partial charge on any atom is 0.179 e. The minimum atomic E-state index is -3.48. The van der Waals surface area contributed by atoms with Crippen LogP contribution in [0.1, 0.15) is 12.0 Å². The quantitative estimate of drug-likeness (QED) is 0.822. The lowest BCUT2D eigenvalue weighted by atomic mass is 10.2. The van der Waals surface area contributed by atoms with E-state index < -0.39 is 19.7 Å². The Hall–Kier alpha value is -1.43. The number of hydrogen-bond acceptors (Lipinski definition) is 6.